The molecule has 1 heterocycles. The average molecular weight is 330 g/mol. The third-order valence-electron chi connectivity index (χ3n) is 2.75. The van der Waals surface area contributed by atoms with Crippen LogP contribution in [-0.2, 0) is 9.53 Å². The SMILES string of the molecule is C=CCOC(=O)Oc1cc2ccc(=O)oc2cc1OC(=O)C(=C)C. The molecule has 0 N–H and O–H groups in total. The highest BCUT2D eigenvalue weighted by atomic mass is 16.7. The van der Waals surface area contributed by atoms with Gasteiger partial charge >= 0.3 is 17.8 Å². The summed E-state index contributed by atoms with van der Waals surface area (Å²) >= 11 is 0. The van der Waals surface area contributed by atoms with Crippen LogP contribution in [0.5, 0.6) is 11.5 Å². The van der Waals surface area contributed by atoms with Crippen molar-refractivity contribution in [1.82, 2.24) is 0 Å². The predicted octanol–water partition coefficient (Wildman–Crippen LogP) is 2.98. The minimum atomic E-state index is -1.00. The van der Waals surface area contributed by atoms with Crippen LogP contribution in [0.2, 0.25) is 0 Å². The number of carbonyl (C=O) groups excluding carboxylic acids is 2. The largest absolute Gasteiger partial charge is 0.514 e. The van der Waals surface area contributed by atoms with Gasteiger partial charge in [0.15, 0.2) is 11.5 Å². The van der Waals surface area contributed by atoms with Gasteiger partial charge in [0.2, 0.25) is 0 Å². The van der Waals surface area contributed by atoms with E-state index in [9.17, 15) is 14.4 Å². The molecule has 0 bridgehead atoms. The molecule has 0 aliphatic rings. The van der Waals surface area contributed by atoms with Gasteiger partial charge in [-0.15, -0.1) is 0 Å². The molecule has 0 radical (unpaired) electrons. The molecule has 0 fully saturated rings. The van der Waals surface area contributed by atoms with Crippen molar-refractivity contribution in [2.24, 2.45) is 0 Å². The molecule has 2 rings (SSSR count). The van der Waals surface area contributed by atoms with Gasteiger partial charge in [0.1, 0.15) is 12.2 Å². The number of esters is 1. The van der Waals surface area contributed by atoms with Crippen molar-refractivity contribution >= 4 is 23.1 Å². The summed E-state index contributed by atoms with van der Waals surface area (Å²) in [4.78, 5) is 34.6. The van der Waals surface area contributed by atoms with Gasteiger partial charge in [0.25, 0.3) is 0 Å². The van der Waals surface area contributed by atoms with Crippen LogP contribution >= 0.6 is 0 Å². The van der Waals surface area contributed by atoms with Crippen molar-refractivity contribution < 1.29 is 28.2 Å². The van der Waals surface area contributed by atoms with Crippen molar-refractivity contribution in [2.75, 3.05) is 6.61 Å². The summed E-state index contributed by atoms with van der Waals surface area (Å²) in [5.41, 5.74) is -0.262. The molecular formula is C17H14O7. The molecule has 0 saturated heterocycles. The first kappa shape index (κ1) is 17.0. The highest BCUT2D eigenvalue weighted by Crippen LogP contribution is 2.33. The van der Waals surface area contributed by atoms with Crippen LogP contribution in [0.4, 0.5) is 4.79 Å². The van der Waals surface area contributed by atoms with Gasteiger partial charge < -0.3 is 18.6 Å². The molecule has 0 amide bonds. The zero-order valence-electron chi connectivity index (χ0n) is 12.9. The Hall–Kier alpha value is -3.35. The normalized spacial score (nSPS) is 10.0. The Bertz CT molecular complexity index is 876. The zero-order chi connectivity index (χ0) is 17.7. The second-order valence-corrected chi connectivity index (χ2v) is 4.71. The highest BCUT2D eigenvalue weighted by molar-refractivity contribution is 5.90. The number of carbonyl (C=O) groups is 2. The van der Waals surface area contributed by atoms with Gasteiger partial charge in [-0.3, -0.25) is 0 Å². The zero-order valence-corrected chi connectivity index (χ0v) is 12.9. The molecule has 0 aliphatic carbocycles. The molecule has 1 aromatic heterocycles. The number of hydrogen-bond acceptors (Lipinski definition) is 7. The molecule has 0 spiro atoms. The van der Waals surface area contributed by atoms with Crippen molar-refractivity contribution in [1.29, 1.82) is 0 Å². The lowest BCUT2D eigenvalue weighted by Crippen LogP contribution is -2.13. The molecule has 7 heteroatoms. The quantitative estimate of drug-likeness (QED) is 0.208. The van der Waals surface area contributed by atoms with Crippen molar-refractivity contribution in [3.8, 4) is 11.5 Å². The average Bonchev–Trinajstić information content (AvgIpc) is 2.53. The van der Waals surface area contributed by atoms with Gasteiger partial charge in [-0.2, -0.15) is 0 Å². The van der Waals surface area contributed by atoms with Crippen LogP contribution in [-0.4, -0.2) is 18.7 Å². The van der Waals surface area contributed by atoms with E-state index in [1.165, 1.54) is 37.3 Å². The van der Waals surface area contributed by atoms with E-state index in [1.54, 1.807) is 0 Å². The molecule has 0 saturated carbocycles. The lowest BCUT2D eigenvalue weighted by Gasteiger charge is -2.11. The van der Waals surface area contributed by atoms with Crippen molar-refractivity contribution in [2.45, 2.75) is 6.92 Å². The third kappa shape index (κ3) is 4.10. The lowest BCUT2D eigenvalue weighted by molar-refractivity contribution is -0.130. The van der Waals surface area contributed by atoms with E-state index in [0.29, 0.717) is 5.39 Å². The second kappa shape index (κ2) is 7.28. The van der Waals surface area contributed by atoms with E-state index < -0.39 is 17.8 Å². The molecule has 0 atom stereocenters. The summed E-state index contributed by atoms with van der Waals surface area (Å²) in [7, 11) is 0. The maximum atomic E-state index is 11.7. The topological polar surface area (TPSA) is 92.0 Å². The maximum Gasteiger partial charge on any atom is 0.514 e. The van der Waals surface area contributed by atoms with E-state index in [-0.39, 0.29) is 29.3 Å². The molecular weight excluding hydrogens is 316 g/mol. The first-order valence-electron chi connectivity index (χ1n) is 6.82. The summed E-state index contributed by atoms with van der Waals surface area (Å²) in [5, 5.41) is 0.469. The van der Waals surface area contributed by atoms with E-state index in [2.05, 4.69) is 13.2 Å². The fourth-order valence-corrected chi connectivity index (χ4v) is 1.67. The van der Waals surface area contributed by atoms with Crippen LogP contribution < -0.4 is 15.1 Å². The Kier molecular flexibility index (Phi) is 5.16. The molecule has 24 heavy (non-hydrogen) atoms. The number of ether oxygens (including phenoxy) is 3. The maximum absolute atomic E-state index is 11.7. The van der Waals surface area contributed by atoms with Crippen LogP contribution in [0.3, 0.4) is 0 Å². The van der Waals surface area contributed by atoms with Crippen molar-refractivity contribution in [3.63, 3.8) is 0 Å². The molecule has 0 unspecified atom stereocenters. The van der Waals surface area contributed by atoms with Crippen LogP contribution in [0, 0.1) is 0 Å². The summed E-state index contributed by atoms with van der Waals surface area (Å²) in [6.45, 7) is 8.30. The smallest absolute Gasteiger partial charge is 0.430 e. The van der Waals surface area contributed by atoms with Gasteiger partial charge in [-0.05, 0) is 19.1 Å². The Morgan fingerprint density at radius 1 is 1.21 bits per heavy atom. The van der Waals surface area contributed by atoms with Gasteiger partial charge in [0, 0.05) is 23.1 Å². The summed E-state index contributed by atoms with van der Waals surface area (Å²) in [6, 6.07) is 5.34. The minimum Gasteiger partial charge on any atom is -0.430 e. The molecule has 1 aromatic carbocycles. The summed E-state index contributed by atoms with van der Waals surface area (Å²) < 4.78 is 19.9. The Labute approximate surface area is 136 Å². The standard InChI is InChI=1S/C17H14O7/c1-4-7-21-17(20)24-13-8-11-5-6-15(18)22-12(11)9-14(13)23-16(19)10(2)3/h4-6,8-9H,1-2,7H2,3H3. The van der Waals surface area contributed by atoms with Crippen LogP contribution in [0.25, 0.3) is 11.0 Å². The first-order chi connectivity index (χ1) is 11.4. The van der Waals surface area contributed by atoms with Crippen LogP contribution in [0.1, 0.15) is 6.92 Å². The van der Waals surface area contributed by atoms with E-state index in [0.717, 1.165) is 0 Å². The highest BCUT2D eigenvalue weighted by Gasteiger charge is 2.17. The van der Waals surface area contributed by atoms with E-state index in [4.69, 9.17) is 18.6 Å². The van der Waals surface area contributed by atoms with E-state index in [1.807, 2.05) is 0 Å². The van der Waals surface area contributed by atoms with E-state index >= 15 is 0 Å². The number of hydrogen-bond donors (Lipinski definition) is 0. The Balaban J connectivity index is 2.44. The van der Waals surface area contributed by atoms with Gasteiger partial charge in [-0.1, -0.05) is 19.2 Å². The van der Waals surface area contributed by atoms with Gasteiger partial charge in [0.05, 0.1) is 0 Å². The Morgan fingerprint density at radius 2 is 1.92 bits per heavy atom. The summed E-state index contributed by atoms with van der Waals surface area (Å²) in [6.07, 6.45) is 0.373. The fraction of sp³-hybridized carbons (Fsp3) is 0.118. The van der Waals surface area contributed by atoms with Crippen molar-refractivity contribution in [3.05, 3.63) is 59.5 Å². The van der Waals surface area contributed by atoms with Crippen LogP contribution in [0.15, 0.2) is 58.3 Å². The third-order valence-corrected chi connectivity index (χ3v) is 2.75. The predicted molar refractivity (Wildman–Crippen MR) is 85.1 cm³/mol. The minimum absolute atomic E-state index is 0.0395. The molecule has 2 aromatic rings. The van der Waals surface area contributed by atoms with Gasteiger partial charge in [-0.25, -0.2) is 14.4 Å². The second-order valence-electron chi connectivity index (χ2n) is 4.71. The number of fused-ring (bicyclic) bond motifs is 1. The fourth-order valence-electron chi connectivity index (χ4n) is 1.67. The molecule has 124 valence electrons. The Morgan fingerprint density at radius 3 is 2.58 bits per heavy atom. The number of rotatable bonds is 5. The monoisotopic (exact) mass is 330 g/mol. The molecule has 0 aliphatic heterocycles. The summed E-state index contributed by atoms with van der Waals surface area (Å²) in [5.74, 6) is -0.905. The number of benzene rings is 1. The lowest BCUT2D eigenvalue weighted by atomic mass is 10.2. The molecule has 7 nitrogen and oxygen atoms in total. The first-order valence-corrected chi connectivity index (χ1v) is 6.82.